The Kier molecular flexibility index (Phi) is 7.10. The lowest BCUT2D eigenvalue weighted by Gasteiger charge is -2.01. The first kappa shape index (κ1) is 14.0. The van der Waals surface area contributed by atoms with Crippen molar-refractivity contribution in [1.29, 1.82) is 0 Å². The predicted octanol–water partition coefficient (Wildman–Crippen LogP) is 4.42. The van der Waals surface area contributed by atoms with E-state index in [0.717, 1.165) is 10.9 Å². The minimum atomic E-state index is 0.960. The maximum Gasteiger partial charge on any atom is 0.0960 e. The molecule has 0 unspecified atom stereocenters. The van der Waals surface area contributed by atoms with Crippen LogP contribution >= 0.6 is 22.9 Å². The lowest BCUT2D eigenvalue weighted by molar-refractivity contribution is 0.599. The number of hydrogen-bond acceptors (Lipinski definition) is 2. The summed E-state index contributed by atoms with van der Waals surface area (Å²) in [5.41, 5.74) is 1.23. The molecular formula is C13H22ClNS. The van der Waals surface area contributed by atoms with E-state index in [9.17, 15) is 0 Å². The third-order valence-electron chi connectivity index (χ3n) is 2.68. The van der Waals surface area contributed by atoms with Crippen LogP contribution in [-0.4, -0.2) is 13.1 Å². The van der Waals surface area contributed by atoms with Gasteiger partial charge in [0.05, 0.1) is 4.34 Å². The molecule has 0 radical (unpaired) electrons. The van der Waals surface area contributed by atoms with Crippen molar-refractivity contribution in [2.75, 3.05) is 13.1 Å². The van der Waals surface area contributed by atoms with Crippen molar-refractivity contribution in [2.45, 2.75) is 46.0 Å². The third-order valence-corrected chi connectivity index (χ3v) is 4.30. The molecule has 1 nitrogen and oxygen atoms in total. The van der Waals surface area contributed by atoms with Gasteiger partial charge in [-0.2, -0.15) is 0 Å². The SMILES string of the molecule is CCNCCCCCCc1cc(C)c(Cl)s1. The van der Waals surface area contributed by atoms with Gasteiger partial charge in [-0.25, -0.2) is 0 Å². The highest BCUT2D eigenvalue weighted by Gasteiger charge is 2.02. The maximum absolute atomic E-state index is 6.04. The normalized spacial score (nSPS) is 10.9. The van der Waals surface area contributed by atoms with Crippen molar-refractivity contribution < 1.29 is 0 Å². The second-order valence-corrected chi connectivity index (χ2v) is 5.93. The number of unbranched alkanes of at least 4 members (excludes halogenated alkanes) is 3. The van der Waals surface area contributed by atoms with Crippen LogP contribution in [0.3, 0.4) is 0 Å². The van der Waals surface area contributed by atoms with Gasteiger partial charge in [-0.15, -0.1) is 11.3 Å². The Morgan fingerprint density at radius 3 is 2.62 bits per heavy atom. The molecular weight excluding hydrogens is 238 g/mol. The Labute approximate surface area is 108 Å². The highest BCUT2D eigenvalue weighted by Crippen LogP contribution is 2.27. The smallest absolute Gasteiger partial charge is 0.0960 e. The Hall–Kier alpha value is -0.0500. The first-order valence-corrected chi connectivity index (χ1v) is 7.39. The van der Waals surface area contributed by atoms with Crippen molar-refractivity contribution in [2.24, 2.45) is 0 Å². The zero-order valence-electron chi connectivity index (χ0n) is 10.3. The molecule has 0 aliphatic rings. The van der Waals surface area contributed by atoms with Gasteiger partial charge in [0.25, 0.3) is 0 Å². The molecule has 1 aromatic heterocycles. The molecule has 3 heteroatoms. The molecule has 0 aliphatic carbocycles. The number of halogens is 1. The fourth-order valence-electron chi connectivity index (χ4n) is 1.73. The third kappa shape index (κ3) is 5.33. The van der Waals surface area contributed by atoms with Crippen molar-refractivity contribution in [3.05, 3.63) is 20.8 Å². The molecule has 0 aromatic carbocycles. The second-order valence-electron chi connectivity index (χ2n) is 4.19. The van der Waals surface area contributed by atoms with E-state index in [4.69, 9.17) is 11.6 Å². The molecule has 0 fully saturated rings. The molecule has 1 rings (SSSR count). The number of thiophene rings is 1. The molecule has 0 amide bonds. The number of nitrogens with one attached hydrogen (secondary N) is 1. The maximum atomic E-state index is 6.04. The number of rotatable bonds is 8. The van der Waals surface area contributed by atoms with Crippen LogP contribution < -0.4 is 5.32 Å². The van der Waals surface area contributed by atoms with Crippen molar-refractivity contribution in [3.63, 3.8) is 0 Å². The van der Waals surface area contributed by atoms with Crippen LogP contribution in [0.25, 0.3) is 0 Å². The monoisotopic (exact) mass is 259 g/mol. The van der Waals surface area contributed by atoms with E-state index in [1.54, 1.807) is 11.3 Å². The zero-order chi connectivity index (χ0) is 11.8. The summed E-state index contributed by atoms with van der Waals surface area (Å²) in [5, 5.41) is 3.35. The summed E-state index contributed by atoms with van der Waals surface area (Å²) in [7, 11) is 0. The molecule has 1 N–H and O–H groups in total. The van der Waals surface area contributed by atoms with E-state index in [-0.39, 0.29) is 0 Å². The highest BCUT2D eigenvalue weighted by atomic mass is 35.5. The lowest BCUT2D eigenvalue weighted by atomic mass is 10.1. The van der Waals surface area contributed by atoms with Crippen molar-refractivity contribution >= 4 is 22.9 Å². The van der Waals surface area contributed by atoms with Crippen LogP contribution in [-0.2, 0) is 6.42 Å². The van der Waals surface area contributed by atoms with E-state index in [0.29, 0.717) is 0 Å². The lowest BCUT2D eigenvalue weighted by Crippen LogP contribution is -2.13. The predicted molar refractivity (Wildman–Crippen MR) is 74.8 cm³/mol. The van der Waals surface area contributed by atoms with Crippen molar-refractivity contribution in [1.82, 2.24) is 5.32 Å². The van der Waals surface area contributed by atoms with Gasteiger partial charge in [0.2, 0.25) is 0 Å². The van der Waals surface area contributed by atoms with Crippen LogP contribution in [0.5, 0.6) is 0 Å². The number of aryl methyl sites for hydroxylation is 2. The van der Waals surface area contributed by atoms with Crippen LogP contribution in [0.1, 0.15) is 43.0 Å². The summed E-state index contributed by atoms with van der Waals surface area (Å²) in [5.74, 6) is 0. The molecule has 0 atom stereocenters. The second kappa shape index (κ2) is 8.10. The Balaban J connectivity index is 2.03. The van der Waals surface area contributed by atoms with Crippen LogP contribution in [0, 0.1) is 6.92 Å². The van der Waals surface area contributed by atoms with Gasteiger partial charge in [-0.1, -0.05) is 31.4 Å². The largest absolute Gasteiger partial charge is 0.317 e. The highest BCUT2D eigenvalue weighted by molar-refractivity contribution is 7.16. The van der Waals surface area contributed by atoms with E-state index >= 15 is 0 Å². The summed E-state index contributed by atoms with van der Waals surface area (Å²) in [6, 6.07) is 2.23. The van der Waals surface area contributed by atoms with E-state index in [2.05, 4.69) is 25.2 Å². The average Bonchev–Trinajstić information content (AvgIpc) is 2.57. The van der Waals surface area contributed by atoms with E-state index < -0.39 is 0 Å². The van der Waals surface area contributed by atoms with Gasteiger partial charge >= 0.3 is 0 Å². The molecule has 0 saturated carbocycles. The molecule has 16 heavy (non-hydrogen) atoms. The van der Waals surface area contributed by atoms with Gasteiger partial charge < -0.3 is 5.32 Å². The summed E-state index contributed by atoms with van der Waals surface area (Å²) in [4.78, 5) is 1.44. The average molecular weight is 260 g/mol. The molecule has 1 aromatic rings. The van der Waals surface area contributed by atoms with Gasteiger partial charge in [-0.3, -0.25) is 0 Å². The number of hydrogen-bond donors (Lipinski definition) is 1. The van der Waals surface area contributed by atoms with Gasteiger partial charge in [0.1, 0.15) is 0 Å². The zero-order valence-corrected chi connectivity index (χ0v) is 11.9. The first-order valence-electron chi connectivity index (χ1n) is 6.19. The van der Waals surface area contributed by atoms with Gasteiger partial charge in [0, 0.05) is 4.88 Å². The van der Waals surface area contributed by atoms with Gasteiger partial charge in [-0.05, 0) is 50.9 Å². The topological polar surface area (TPSA) is 12.0 Å². The van der Waals surface area contributed by atoms with Gasteiger partial charge in [0.15, 0.2) is 0 Å². The minimum absolute atomic E-state index is 0.960. The molecule has 0 saturated heterocycles. The molecule has 0 aliphatic heterocycles. The van der Waals surface area contributed by atoms with Crippen LogP contribution in [0.2, 0.25) is 4.34 Å². The Morgan fingerprint density at radius 2 is 2.00 bits per heavy atom. The molecule has 1 heterocycles. The Morgan fingerprint density at radius 1 is 1.25 bits per heavy atom. The minimum Gasteiger partial charge on any atom is -0.317 e. The van der Waals surface area contributed by atoms with Crippen LogP contribution in [0.4, 0.5) is 0 Å². The fraction of sp³-hybridized carbons (Fsp3) is 0.692. The van der Waals surface area contributed by atoms with E-state index in [1.165, 1.54) is 49.1 Å². The van der Waals surface area contributed by atoms with E-state index in [1.807, 2.05) is 0 Å². The molecule has 92 valence electrons. The first-order chi connectivity index (χ1) is 7.74. The van der Waals surface area contributed by atoms with Crippen molar-refractivity contribution in [3.8, 4) is 0 Å². The summed E-state index contributed by atoms with van der Waals surface area (Å²) < 4.78 is 0.960. The summed E-state index contributed by atoms with van der Waals surface area (Å²) in [6.07, 6.45) is 6.46. The molecule has 0 bridgehead atoms. The Bertz CT molecular complexity index is 277. The fourth-order valence-corrected chi connectivity index (χ4v) is 3.01. The van der Waals surface area contributed by atoms with Crippen LogP contribution in [0.15, 0.2) is 6.07 Å². The standard InChI is InChI=1S/C13H22ClNS/c1-3-15-9-7-5-4-6-8-12-10-11(2)13(14)16-12/h10,15H,3-9H2,1-2H3. The molecule has 0 spiro atoms. The quantitative estimate of drug-likeness (QED) is 0.682. The summed E-state index contributed by atoms with van der Waals surface area (Å²) >= 11 is 7.78. The summed E-state index contributed by atoms with van der Waals surface area (Å²) in [6.45, 7) is 6.50.